The molecule has 3 amide bonds. The van der Waals surface area contributed by atoms with Crippen molar-refractivity contribution in [3.63, 3.8) is 0 Å². The third-order valence-electron chi connectivity index (χ3n) is 2.44. The van der Waals surface area contributed by atoms with Crippen molar-refractivity contribution in [3.05, 3.63) is 41.6 Å². The maximum absolute atomic E-state index is 11.9. The molecule has 0 spiro atoms. The van der Waals surface area contributed by atoms with Gasteiger partial charge >= 0.3 is 5.97 Å². The Kier molecular flexibility index (Phi) is 6.99. The Morgan fingerprint density at radius 2 is 1.83 bits per heavy atom. The molecule has 122 valence electrons. The van der Waals surface area contributed by atoms with Gasteiger partial charge < -0.3 is 21.1 Å². The molecule has 8 heteroatoms. The number of carbonyl (C=O) groups excluding carboxylic acids is 4. The number of hydrogen-bond acceptors (Lipinski definition) is 5. The quantitative estimate of drug-likeness (QED) is 0.453. The van der Waals surface area contributed by atoms with E-state index in [2.05, 4.69) is 10.6 Å². The van der Waals surface area contributed by atoms with E-state index in [1.165, 1.54) is 13.0 Å². The van der Waals surface area contributed by atoms with E-state index in [9.17, 15) is 19.2 Å². The number of carbonyl (C=O) groups is 4. The van der Waals surface area contributed by atoms with Gasteiger partial charge in [0.15, 0.2) is 6.61 Å². The molecule has 0 heterocycles. The number of benzene rings is 1. The van der Waals surface area contributed by atoms with Crippen LogP contribution in [0.25, 0.3) is 6.08 Å². The van der Waals surface area contributed by atoms with E-state index >= 15 is 0 Å². The van der Waals surface area contributed by atoms with Crippen molar-refractivity contribution in [1.82, 2.24) is 10.6 Å². The molecule has 0 atom stereocenters. The molecule has 1 rings (SSSR count). The Hall–Kier alpha value is -3.16. The van der Waals surface area contributed by atoms with Crippen LogP contribution >= 0.6 is 0 Å². The molecule has 0 fully saturated rings. The first-order valence-electron chi connectivity index (χ1n) is 6.65. The smallest absolute Gasteiger partial charge is 0.355 e. The molecule has 0 saturated carbocycles. The number of primary amides is 1. The number of amides is 3. The van der Waals surface area contributed by atoms with E-state index in [1.807, 2.05) is 0 Å². The van der Waals surface area contributed by atoms with Gasteiger partial charge in [0.1, 0.15) is 5.70 Å². The van der Waals surface area contributed by atoms with Gasteiger partial charge in [-0.05, 0) is 11.6 Å². The van der Waals surface area contributed by atoms with Crippen molar-refractivity contribution in [3.8, 4) is 0 Å². The fourth-order valence-corrected chi connectivity index (χ4v) is 1.50. The normalized spacial score (nSPS) is 10.6. The maximum atomic E-state index is 11.9. The average Bonchev–Trinajstić information content (AvgIpc) is 2.50. The van der Waals surface area contributed by atoms with Crippen LogP contribution in [0.1, 0.15) is 12.5 Å². The predicted molar refractivity (Wildman–Crippen MR) is 81.4 cm³/mol. The summed E-state index contributed by atoms with van der Waals surface area (Å²) in [7, 11) is 0. The second kappa shape index (κ2) is 8.98. The first kappa shape index (κ1) is 17.9. The van der Waals surface area contributed by atoms with E-state index in [1.54, 1.807) is 30.3 Å². The minimum Gasteiger partial charge on any atom is -0.451 e. The lowest BCUT2D eigenvalue weighted by Gasteiger charge is -2.09. The van der Waals surface area contributed by atoms with Crippen LogP contribution in [-0.4, -0.2) is 36.8 Å². The molecule has 0 unspecified atom stereocenters. The molecular formula is C15H17N3O5. The Bertz CT molecular complexity index is 625. The highest BCUT2D eigenvalue weighted by atomic mass is 16.5. The minimum absolute atomic E-state index is 0.105. The van der Waals surface area contributed by atoms with Gasteiger partial charge in [-0.1, -0.05) is 30.3 Å². The first-order valence-corrected chi connectivity index (χ1v) is 6.65. The molecule has 0 aliphatic rings. The van der Waals surface area contributed by atoms with Crippen molar-refractivity contribution in [2.24, 2.45) is 5.73 Å². The van der Waals surface area contributed by atoms with Crippen molar-refractivity contribution in [2.75, 3.05) is 13.2 Å². The highest BCUT2D eigenvalue weighted by Gasteiger charge is 2.15. The fourth-order valence-electron chi connectivity index (χ4n) is 1.50. The van der Waals surface area contributed by atoms with Crippen LogP contribution in [-0.2, 0) is 23.9 Å². The van der Waals surface area contributed by atoms with Gasteiger partial charge in [0, 0.05) is 6.92 Å². The topological polar surface area (TPSA) is 128 Å². The Morgan fingerprint density at radius 1 is 1.17 bits per heavy atom. The number of ether oxygens (including phenoxy) is 1. The van der Waals surface area contributed by atoms with Gasteiger partial charge in [0.05, 0.1) is 6.54 Å². The minimum atomic E-state index is -0.877. The largest absolute Gasteiger partial charge is 0.451 e. The van der Waals surface area contributed by atoms with Gasteiger partial charge in [0.2, 0.25) is 11.8 Å². The van der Waals surface area contributed by atoms with Gasteiger partial charge in [-0.25, -0.2) is 4.79 Å². The third kappa shape index (κ3) is 7.42. The molecule has 0 bridgehead atoms. The summed E-state index contributed by atoms with van der Waals surface area (Å²) in [5.74, 6) is -2.73. The van der Waals surface area contributed by atoms with Crippen molar-refractivity contribution >= 4 is 29.8 Å². The second-order valence-electron chi connectivity index (χ2n) is 4.47. The van der Waals surface area contributed by atoms with E-state index in [0.29, 0.717) is 5.56 Å². The molecule has 1 aromatic rings. The summed E-state index contributed by atoms with van der Waals surface area (Å²) in [6.45, 7) is 0.290. The monoisotopic (exact) mass is 319 g/mol. The van der Waals surface area contributed by atoms with Crippen molar-refractivity contribution in [2.45, 2.75) is 6.92 Å². The summed E-state index contributed by atoms with van der Waals surface area (Å²) in [4.78, 5) is 45.0. The van der Waals surface area contributed by atoms with Crippen LogP contribution in [0.5, 0.6) is 0 Å². The first-order chi connectivity index (χ1) is 10.9. The summed E-state index contributed by atoms with van der Waals surface area (Å²) >= 11 is 0. The molecule has 4 N–H and O–H groups in total. The highest BCUT2D eigenvalue weighted by molar-refractivity contribution is 5.98. The number of hydrogen-bond donors (Lipinski definition) is 3. The van der Waals surface area contributed by atoms with Gasteiger partial charge in [-0.2, -0.15) is 0 Å². The van der Waals surface area contributed by atoms with E-state index < -0.39 is 30.3 Å². The molecule has 0 aliphatic heterocycles. The van der Waals surface area contributed by atoms with Gasteiger partial charge in [-0.15, -0.1) is 0 Å². The molecule has 1 aromatic carbocycles. The standard InChI is InChI=1S/C15H17N3O5/c1-10(19)18-12(7-11-5-3-2-4-6-11)15(22)23-9-14(21)17-8-13(16)20/h2-7H,8-9H2,1H3,(H2,16,20)(H,17,21)(H,18,19)/b12-7-. The maximum Gasteiger partial charge on any atom is 0.355 e. The second-order valence-corrected chi connectivity index (χ2v) is 4.47. The molecule has 0 saturated heterocycles. The van der Waals surface area contributed by atoms with Crippen LogP contribution in [0.4, 0.5) is 0 Å². The average molecular weight is 319 g/mol. The number of nitrogens with two attached hydrogens (primary N) is 1. The van der Waals surface area contributed by atoms with E-state index in [0.717, 1.165) is 0 Å². The Morgan fingerprint density at radius 3 is 2.39 bits per heavy atom. The summed E-state index contributed by atoms with van der Waals surface area (Å²) in [6.07, 6.45) is 1.42. The van der Waals surface area contributed by atoms with E-state index in [4.69, 9.17) is 10.5 Å². The fraction of sp³-hybridized carbons (Fsp3) is 0.200. The molecule has 23 heavy (non-hydrogen) atoms. The van der Waals surface area contributed by atoms with Crippen molar-refractivity contribution < 1.29 is 23.9 Å². The zero-order valence-electron chi connectivity index (χ0n) is 12.5. The van der Waals surface area contributed by atoms with Crippen molar-refractivity contribution in [1.29, 1.82) is 0 Å². The molecule has 0 aliphatic carbocycles. The summed E-state index contributed by atoms with van der Waals surface area (Å²) < 4.78 is 4.79. The Balaban J connectivity index is 2.70. The lowest BCUT2D eigenvalue weighted by atomic mass is 10.2. The highest BCUT2D eigenvalue weighted by Crippen LogP contribution is 2.06. The lowest BCUT2D eigenvalue weighted by molar-refractivity contribution is -0.145. The van der Waals surface area contributed by atoms with Crippen LogP contribution in [0.15, 0.2) is 36.0 Å². The zero-order valence-corrected chi connectivity index (χ0v) is 12.5. The third-order valence-corrected chi connectivity index (χ3v) is 2.44. The van der Waals surface area contributed by atoms with Crippen LogP contribution in [0, 0.1) is 0 Å². The zero-order chi connectivity index (χ0) is 17.2. The lowest BCUT2D eigenvalue weighted by Crippen LogP contribution is -2.36. The number of esters is 1. The predicted octanol–water partition coefficient (Wildman–Crippen LogP) is -0.692. The molecule has 8 nitrogen and oxygen atoms in total. The summed E-state index contributed by atoms with van der Waals surface area (Å²) in [5.41, 5.74) is 5.44. The Labute approximate surface area is 132 Å². The number of rotatable bonds is 7. The van der Waals surface area contributed by atoms with Crippen LogP contribution < -0.4 is 16.4 Å². The van der Waals surface area contributed by atoms with Crippen LogP contribution in [0.2, 0.25) is 0 Å². The van der Waals surface area contributed by atoms with E-state index in [-0.39, 0.29) is 12.2 Å². The SMILES string of the molecule is CC(=O)N/C(=C\c1ccccc1)C(=O)OCC(=O)NCC(N)=O. The number of nitrogens with one attached hydrogen (secondary N) is 2. The molecule has 0 radical (unpaired) electrons. The summed E-state index contributed by atoms with van der Waals surface area (Å²) in [6, 6.07) is 8.79. The van der Waals surface area contributed by atoms with Gasteiger partial charge in [0.25, 0.3) is 5.91 Å². The summed E-state index contributed by atoms with van der Waals surface area (Å²) in [5, 5.41) is 4.51. The molecular weight excluding hydrogens is 302 g/mol. The van der Waals surface area contributed by atoms with Gasteiger partial charge in [-0.3, -0.25) is 14.4 Å². The van der Waals surface area contributed by atoms with Crippen LogP contribution in [0.3, 0.4) is 0 Å². The molecule has 0 aromatic heterocycles.